The molecule has 0 atom stereocenters. The van der Waals surface area contributed by atoms with Gasteiger partial charge in [0.15, 0.2) is 5.75 Å². The van der Waals surface area contributed by atoms with E-state index in [-0.39, 0.29) is 27.8 Å². The van der Waals surface area contributed by atoms with Gasteiger partial charge in [-0.3, -0.25) is 0 Å². The van der Waals surface area contributed by atoms with E-state index in [4.69, 9.17) is 21.5 Å². The fourth-order valence-electron chi connectivity index (χ4n) is 1.65. The third-order valence-corrected chi connectivity index (χ3v) is 4.27. The van der Waals surface area contributed by atoms with Crippen LogP contribution in [0.15, 0.2) is 45.8 Å². The SMILES string of the molecule is NS(=O)(=O)c1cc(Br)cc(Cl)c1OCc1ccccc1F. The summed E-state index contributed by atoms with van der Waals surface area (Å²) in [4.78, 5) is -0.266. The molecule has 0 saturated heterocycles. The van der Waals surface area contributed by atoms with Gasteiger partial charge in [0, 0.05) is 10.0 Å². The van der Waals surface area contributed by atoms with Crippen molar-refractivity contribution < 1.29 is 17.5 Å². The van der Waals surface area contributed by atoms with Crippen molar-refractivity contribution in [3.05, 3.63) is 57.3 Å². The molecule has 2 N–H and O–H groups in total. The van der Waals surface area contributed by atoms with E-state index in [0.29, 0.717) is 4.47 Å². The molecule has 4 nitrogen and oxygen atoms in total. The third kappa shape index (κ3) is 3.94. The highest BCUT2D eigenvalue weighted by molar-refractivity contribution is 9.10. The molecule has 8 heteroatoms. The van der Waals surface area contributed by atoms with Crippen LogP contribution < -0.4 is 9.88 Å². The van der Waals surface area contributed by atoms with E-state index in [9.17, 15) is 12.8 Å². The lowest BCUT2D eigenvalue weighted by atomic mass is 10.2. The molecule has 0 radical (unpaired) electrons. The summed E-state index contributed by atoms with van der Waals surface area (Å²) in [6.07, 6.45) is 0. The number of nitrogens with two attached hydrogens (primary N) is 1. The summed E-state index contributed by atoms with van der Waals surface area (Å²) in [6.45, 7) is -0.170. The van der Waals surface area contributed by atoms with E-state index < -0.39 is 15.8 Å². The van der Waals surface area contributed by atoms with Crippen LogP contribution in [0.25, 0.3) is 0 Å². The van der Waals surface area contributed by atoms with Gasteiger partial charge in [0.05, 0.1) is 5.02 Å². The van der Waals surface area contributed by atoms with Crippen LogP contribution in [0.5, 0.6) is 5.75 Å². The van der Waals surface area contributed by atoms with E-state index >= 15 is 0 Å². The van der Waals surface area contributed by atoms with Crippen molar-refractivity contribution in [1.29, 1.82) is 0 Å². The molecule has 0 spiro atoms. The lowest BCUT2D eigenvalue weighted by Gasteiger charge is -2.13. The number of sulfonamides is 1. The monoisotopic (exact) mass is 393 g/mol. The first-order valence-corrected chi connectivity index (χ1v) is 8.39. The summed E-state index contributed by atoms with van der Waals surface area (Å²) in [5.41, 5.74) is 0.275. The normalized spacial score (nSPS) is 11.4. The Bertz CT molecular complexity index is 783. The molecule has 0 fully saturated rings. The average Bonchev–Trinajstić information content (AvgIpc) is 2.37. The van der Waals surface area contributed by atoms with Gasteiger partial charge in [0.25, 0.3) is 0 Å². The zero-order valence-electron chi connectivity index (χ0n) is 10.5. The second-order valence-corrected chi connectivity index (χ2v) is 6.99. The first-order chi connectivity index (χ1) is 9.79. The molecule has 0 aromatic heterocycles. The van der Waals surface area contributed by atoms with Gasteiger partial charge >= 0.3 is 0 Å². The standard InChI is InChI=1S/C13H10BrClFNO3S/c14-9-5-10(15)13(12(6-9)21(17,18)19)20-7-8-3-1-2-4-11(8)16/h1-6H,7H2,(H2,17,18,19). The molecule has 0 saturated carbocycles. The predicted octanol–water partition coefficient (Wildman–Crippen LogP) is 3.47. The topological polar surface area (TPSA) is 69.4 Å². The van der Waals surface area contributed by atoms with E-state index in [1.165, 1.54) is 24.3 Å². The highest BCUT2D eigenvalue weighted by Gasteiger charge is 2.20. The van der Waals surface area contributed by atoms with Crippen LogP contribution in [0, 0.1) is 5.82 Å². The van der Waals surface area contributed by atoms with Crippen molar-refractivity contribution >= 4 is 37.6 Å². The quantitative estimate of drug-likeness (QED) is 0.863. The van der Waals surface area contributed by atoms with Gasteiger partial charge in [0.2, 0.25) is 10.0 Å². The maximum atomic E-state index is 13.5. The van der Waals surface area contributed by atoms with Crippen LogP contribution in [0.1, 0.15) is 5.56 Å². The Hall–Kier alpha value is -1.15. The average molecular weight is 395 g/mol. The van der Waals surface area contributed by atoms with Crippen molar-refractivity contribution in [1.82, 2.24) is 0 Å². The van der Waals surface area contributed by atoms with Crippen molar-refractivity contribution in [2.24, 2.45) is 5.14 Å². The second-order valence-electron chi connectivity index (χ2n) is 4.14. The van der Waals surface area contributed by atoms with Crippen molar-refractivity contribution in [2.75, 3.05) is 0 Å². The van der Waals surface area contributed by atoms with Gasteiger partial charge in [-0.15, -0.1) is 0 Å². The number of hydrogen-bond donors (Lipinski definition) is 1. The van der Waals surface area contributed by atoms with Gasteiger partial charge < -0.3 is 4.74 Å². The summed E-state index contributed by atoms with van der Waals surface area (Å²) in [5.74, 6) is -0.562. The molecule has 2 rings (SSSR count). The number of ether oxygens (including phenoxy) is 1. The zero-order chi connectivity index (χ0) is 15.6. The van der Waals surface area contributed by atoms with Crippen LogP contribution in [0.4, 0.5) is 4.39 Å². The number of halogens is 3. The molecule has 112 valence electrons. The molecular weight excluding hydrogens is 385 g/mol. The molecular formula is C13H10BrClFNO3S. The lowest BCUT2D eigenvalue weighted by molar-refractivity contribution is 0.292. The Morgan fingerprint density at radius 3 is 2.57 bits per heavy atom. The van der Waals surface area contributed by atoms with Gasteiger partial charge in [-0.2, -0.15) is 0 Å². The van der Waals surface area contributed by atoms with Gasteiger partial charge in [-0.05, 0) is 18.2 Å². The lowest BCUT2D eigenvalue weighted by Crippen LogP contribution is -2.14. The first kappa shape index (κ1) is 16.2. The number of benzene rings is 2. The minimum atomic E-state index is -4.03. The predicted molar refractivity (Wildman–Crippen MR) is 81.3 cm³/mol. The number of rotatable bonds is 4. The third-order valence-electron chi connectivity index (χ3n) is 2.61. The number of hydrogen-bond acceptors (Lipinski definition) is 3. The maximum absolute atomic E-state index is 13.5. The molecule has 2 aromatic carbocycles. The summed E-state index contributed by atoms with van der Waals surface area (Å²) < 4.78 is 42.5. The van der Waals surface area contributed by atoms with Crippen LogP contribution in [-0.2, 0) is 16.6 Å². The minimum Gasteiger partial charge on any atom is -0.486 e. The van der Waals surface area contributed by atoms with Crippen LogP contribution in [0.2, 0.25) is 5.02 Å². The molecule has 0 aliphatic carbocycles. The van der Waals surface area contributed by atoms with Crippen LogP contribution in [-0.4, -0.2) is 8.42 Å². The Labute approximate surface area is 134 Å². The smallest absolute Gasteiger partial charge is 0.241 e. The fourth-order valence-corrected chi connectivity index (χ4v) is 3.44. The van der Waals surface area contributed by atoms with Crippen LogP contribution in [0.3, 0.4) is 0 Å². The summed E-state index contributed by atoms with van der Waals surface area (Å²) in [7, 11) is -4.03. The van der Waals surface area contributed by atoms with E-state index in [1.54, 1.807) is 12.1 Å². The Kier molecular flexibility index (Phi) is 4.88. The summed E-state index contributed by atoms with van der Waals surface area (Å²) >= 11 is 9.11. The molecule has 0 unspecified atom stereocenters. The van der Waals surface area contributed by atoms with Gasteiger partial charge in [-0.25, -0.2) is 17.9 Å². The zero-order valence-corrected chi connectivity index (χ0v) is 13.7. The highest BCUT2D eigenvalue weighted by atomic mass is 79.9. The van der Waals surface area contributed by atoms with E-state index in [1.807, 2.05) is 0 Å². The Morgan fingerprint density at radius 2 is 1.95 bits per heavy atom. The first-order valence-electron chi connectivity index (χ1n) is 5.67. The Morgan fingerprint density at radius 1 is 1.29 bits per heavy atom. The molecule has 0 aliphatic heterocycles. The second kappa shape index (κ2) is 6.31. The van der Waals surface area contributed by atoms with Gasteiger partial charge in [0.1, 0.15) is 17.3 Å². The minimum absolute atomic E-state index is 0.0599. The molecule has 0 bridgehead atoms. The Balaban J connectivity index is 2.39. The summed E-state index contributed by atoms with van der Waals surface area (Å²) in [6, 6.07) is 8.73. The van der Waals surface area contributed by atoms with Crippen LogP contribution >= 0.6 is 27.5 Å². The van der Waals surface area contributed by atoms with Crippen molar-refractivity contribution in [2.45, 2.75) is 11.5 Å². The fraction of sp³-hybridized carbons (Fsp3) is 0.0769. The van der Waals surface area contributed by atoms with Crippen molar-refractivity contribution in [3.63, 3.8) is 0 Å². The highest BCUT2D eigenvalue weighted by Crippen LogP contribution is 2.35. The molecule has 21 heavy (non-hydrogen) atoms. The molecule has 0 aliphatic rings. The molecule has 0 heterocycles. The molecule has 2 aromatic rings. The van der Waals surface area contributed by atoms with E-state index in [0.717, 1.165) is 0 Å². The van der Waals surface area contributed by atoms with Gasteiger partial charge in [-0.1, -0.05) is 45.7 Å². The van der Waals surface area contributed by atoms with E-state index in [2.05, 4.69) is 15.9 Å². The summed E-state index contributed by atoms with van der Waals surface area (Å²) in [5, 5.41) is 5.19. The largest absolute Gasteiger partial charge is 0.486 e. The molecule has 0 amide bonds. The maximum Gasteiger partial charge on any atom is 0.241 e. The number of primary sulfonamides is 1. The van der Waals surface area contributed by atoms with Crippen molar-refractivity contribution in [3.8, 4) is 5.75 Å².